The van der Waals surface area contributed by atoms with E-state index in [9.17, 15) is 19.2 Å². The molecule has 0 aromatic heterocycles. The molecule has 1 rings (SSSR count). The van der Waals surface area contributed by atoms with Gasteiger partial charge in [0.25, 0.3) is 0 Å². The second kappa shape index (κ2) is 16.9. The molecule has 0 amide bonds. The fourth-order valence-corrected chi connectivity index (χ4v) is 3.25. The molecule has 3 atom stereocenters. The Morgan fingerprint density at radius 3 is 1.83 bits per heavy atom. The minimum absolute atomic E-state index is 0.0101. The quantitative estimate of drug-likeness (QED) is 0.0977. The molecule has 1 aromatic rings. The first-order chi connectivity index (χ1) is 19.5. The molecule has 0 unspecified atom stereocenters. The van der Waals surface area contributed by atoms with Crippen molar-refractivity contribution in [3.63, 3.8) is 0 Å². The average molecular weight is 596 g/mol. The van der Waals surface area contributed by atoms with E-state index in [-0.39, 0.29) is 23.9 Å². The van der Waals surface area contributed by atoms with Crippen LogP contribution in [0.2, 0.25) is 0 Å². The first-order valence-corrected chi connectivity index (χ1v) is 14.6. The zero-order chi connectivity index (χ0) is 32.1. The monoisotopic (exact) mass is 595 g/mol. The van der Waals surface area contributed by atoms with Crippen LogP contribution in [0.5, 0.6) is 11.5 Å². The third-order valence-corrected chi connectivity index (χ3v) is 6.84. The smallest absolute Gasteiger partial charge is 0.459 e. The molecule has 0 spiro atoms. The van der Waals surface area contributed by atoms with Crippen molar-refractivity contribution in [2.45, 2.75) is 137 Å². The van der Waals surface area contributed by atoms with E-state index in [4.69, 9.17) is 34.2 Å². The van der Waals surface area contributed by atoms with Crippen molar-refractivity contribution < 1.29 is 47.6 Å². The first-order valence-electron chi connectivity index (χ1n) is 14.6. The van der Waals surface area contributed by atoms with E-state index >= 15 is 0 Å². The number of rotatable bonds is 16. The summed E-state index contributed by atoms with van der Waals surface area (Å²) in [5.41, 5.74) is 5.06. The van der Waals surface area contributed by atoms with Gasteiger partial charge in [-0.2, -0.15) is 0 Å². The molecule has 0 aliphatic rings. The third-order valence-electron chi connectivity index (χ3n) is 6.84. The molecule has 238 valence electrons. The van der Waals surface area contributed by atoms with Gasteiger partial charge in [-0.05, 0) is 84.9 Å². The van der Waals surface area contributed by atoms with Crippen LogP contribution in [0.1, 0.15) is 106 Å². The minimum Gasteiger partial charge on any atom is -0.459 e. The number of unbranched alkanes of at least 4 members (excludes halogenated alkanes) is 2. The molecule has 0 bridgehead atoms. The first kappa shape index (κ1) is 36.7. The van der Waals surface area contributed by atoms with Crippen LogP contribution in [0.3, 0.4) is 0 Å². The highest BCUT2D eigenvalue weighted by molar-refractivity contribution is 5.76. The van der Waals surface area contributed by atoms with Crippen LogP contribution in [0.4, 0.5) is 9.59 Å². The van der Waals surface area contributed by atoms with Gasteiger partial charge in [-0.1, -0.05) is 39.7 Å². The fraction of sp³-hybridized carbons (Fsp3) is 0.677. The number of carbonyl (C=O) groups excluding carboxylic acids is 4. The van der Waals surface area contributed by atoms with Crippen LogP contribution in [0.25, 0.3) is 0 Å². The van der Waals surface area contributed by atoms with Gasteiger partial charge in [-0.25, -0.2) is 9.59 Å². The summed E-state index contributed by atoms with van der Waals surface area (Å²) >= 11 is 0. The minimum atomic E-state index is -1.08. The third kappa shape index (κ3) is 13.5. The lowest BCUT2D eigenvalue weighted by Crippen LogP contribution is -2.39. The van der Waals surface area contributed by atoms with Crippen LogP contribution in [-0.4, -0.2) is 53.7 Å². The maximum atomic E-state index is 12.7. The Morgan fingerprint density at radius 2 is 1.31 bits per heavy atom. The lowest BCUT2D eigenvalue weighted by atomic mass is 10.1. The normalized spacial score (nSPS) is 13.8. The van der Waals surface area contributed by atoms with Gasteiger partial charge in [0.05, 0.1) is 0 Å². The van der Waals surface area contributed by atoms with Crippen molar-refractivity contribution in [3.8, 4) is 11.5 Å². The van der Waals surface area contributed by atoms with Crippen LogP contribution in [-0.2, 0) is 35.0 Å². The molecule has 2 N–H and O–H groups in total. The molecule has 0 heterocycles. The van der Waals surface area contributed by atoms with E-state index in [0.717, 1.165) is 19.3 Å². The van der Waals surface area contributed by atoms with Crippen LogP contribution in [0, 0.1) is 0 Å². The van der Waals surface area contributed by atoms with Crippen LogP contribution >= 0.6 is 0 Å². The van der Waals surface area contributed by atoms with Gasteiger partial charge < -0.3 is 34.2 Å². The summed E-state index contributed by atoms with van der Waals surface area (Å²) in [6, 6.07) is 3.31. The highest BCUT2D eigenvalue weighted by Gasteiger charge is 2.27. The molecule has 11 heteroatoms. The second-order valence-electron chi connectivity index (χ2n) is 11.5. The summed E-state index contributed by atoms with van der Waals surface area (Å²) in [5.74, 6) is -1.25. The zero-order valence-electron chi connectivity index (χ0n) is 26.6. The van der Waals surface area contributed by atoms with Crippen LogP contribution < -0.4 is 15.2 Å². The molecular weight excluding hydrogens is 546 g/mol. The van der Waals surface area contributed by atoms with E-state index in [2.05, 4.69) is 0 Å². The standard InChI is InChI=1S/C31H49NO10/c1-10-13-14-15-26(33)37-20(4)21(5)38-27(34)23(32)18-22-16-17-24(39-28(35)41-30(6,7)11-2)25(19-22)40-29(36)42-31(8,9)12-3/h16-17,19-21,23H,10-15,18,32H2,1-9H3/t20-,21-,23-/m0/s1. The lowest BCUT2D eigenvalue weighted by molar-refractivity contribution is -0.166. The highest BCUT2D eigenvalue weighted by atomic mass is 16.8. The molecule has 0 saturated heterocycles. The largest absolute Gasteiger partial charge is 0.514 e. The Morgan fingerprint density at radius 1 is 0.786 bits per heavy atom. The summed E-state index contributed by atoms with van der Waals surface area (Å²) in [6.07, 6.45) is 0.721. The molecule has 0 aliphatic heterocycles. The van der Waals surface area contributed by atoms with E-state index in [1.807, 2.05) is 20.8 Å². The van der Waals surface area contributed by atoms with E-state index in [1.54, 1.807) is 47.6 Å². The number of hydrogen-bond donors (Lipinski definition) is 1. The Labute approximate surface area is 249 Å². The second-order valence-corrected chi connectivity index (χ2v) is 11.5. The van der Waals surface area contributed by atoms with Crippen molar-refractivity contribution >= 4 is 24.2 Å². The topological polar surface area (TPSA) is 150 Å². The van der Waals surface area contributed by atoms with Gasteiger partial charge in [0.1, 0.15) is 29.5 Å². The summed E-state index contributed by atoms with van der Waals surface area (Å²) in [6.45, 7) is 16.0. The number of carbonyl (C=O) groups is 4. The van der Waals surface area contributed by atoms with Gasteiger partial charge in [-0.15, -0.1) is 0 Å². The molecule has 11 nitrogen and oxygen atoms in total. The zero-order valence-corrected chi connectivity index (χ0v) is 26.6. The predicted octanol–water partition coefficient (Wildman–Crippen LogP) is 6.41. The van der Waals surface area contributed by atoms with Crippen molar-refractivity contribution in [2.75, 3.05) is 0 Å². The number of hydrogen-bond acceptors (Lipinski definition) is 11. The Bertz CT molecular complexity index is 1050. The molecular formula is C31H49NO10. The molecule has 0 saturated carbocycles. The Balaban J connectivity index is 2.99. The summed E-state index contributed by atoms with van der Waals surface area (Å²) in [7, 11) is 0. The van der Waals surface area contributed by atoms with Gasteiger partial charge >= 0.3 is 24.2 Å². The number of benzene rings is 1. The number of esters is 2. The summed E-state index contributed by atoms with van der Waals surface area (Å²) in [4.78, 5) is 49.6. The van der Waals surface area contributed by atoms with E-state index in [0.29, 0.717) is 24.8 Å². The summed E-state index contributed by atoms with van der Waals surface area (Å²) < 4.78 is 32.2. The summed E-state index contributed by atoms with van der Waals surface area (Å²) in [5, 5.41) is 0. The molecule has 0 radical (unpaired) electrons. The molecule has 42 heavy (non-hydrogen) atoms. The molecule has 0 fully saturated rings. The van der Waals surface area contributed by atoms with Gasteiger partial charge in [0.2, 0.25) is 0 Å². The average Bonchev–Trinajstić information content (AvgIpc) is 2.89. The van der Waals surface area contributed by atoms with Gasteiger partial charge in [-0.3, -0.25) is 9.59 Å². The molecule has 0 aliphatic carbocycles. The number of ether oxygens (including phenoxy) is 6. The fourth-order valence-electron chi connectivity index (χ4n) is 3.25. The van der Waals surface area contributed by atoms with Gasteiger partial charge in [0, 0.05) is 6.42 Å². The van der Waals surface area contributed by atoms with Crippen molar-refractivity contribution in [1.29, 1.82) is 0 Å². The Kier molecular flexibility index (Phi) is 14.8. The molecule has 1 aromatic carbocycles. The van der Waals surface area contributed by atoms with Crippen molar-refractivity contribution in [2.24, 2.45) is 5.73 Å². The van der Waals surface area contributed by atoms with Gasteiger partial charge in [0.15, 0.2) is 11.5 Å². The maximum Gasteiger partial charge on any atom is 0.514 e. The van der Waals surface area contributed by atoms with E-state index < -0.39 is 47.7 Å². The predicted molar refractivity (Wildman–Crippen MR) is 156 cm³/mol. The van der Waals surface area contributed by atoms with Crippen molar-refractivity contribution in [1.82, 2.24) is 0 Å². The van der Waals surface area contributed by atoms with Crippen molar-refractivity contribution in [3.05, 3.63) is 23.8 Å². The highest BCUT2D eigenvalue weighted by Crippen LogP contribution is 2.31. The SMILES string of the molecule is CCCCCC(=O)O[C@@H](C)[C@H](C)OC(=O)[C@@H](N)Cc1ccc(OC(=O)OC(C)(C)CC)c(OC(=O)OC(C)(C)CC)c1. The Hall–Kier alpha value is -3.34. The lowest BCUT2D eigenvalue weighted by Gasteiger charge is -2.24. The number of nitrogens with two attached hydrogens (primary N) is 1. The van der Waals surface area contributed by atoms with Crippen LogP contribution in [0.15, 0.2) is 18.2 Å². The van der Waals surface area contributed by atoms with E-state index in [1.165, 1.54) is 12.1 Å². The maximum absolute atomic E-state index is 12.7.